The maximum Gasteiger partial charge on any atom is 0.141 e. The van der Waals surface area contributed by atoms with Crippen molar-refractivity contribution in [1.82, 2.24) is 10.3 Å². The molecule has 1 atom stereocenters. The molecule has 1 N–H and O–H groups in total. The van der Waals surface area contributed by atoms with Crippen LogP contribution in [-0.4, -0.2) is 12.0 Å². The predicted octanol–water partition coefficient (Wildman–Crippen LogP) is 2.28. The van der Waals surface area contributed by atoms with Crippen LogP contribution in [0.3, 0.4) is 0 Å². The Kier molecular flexibility index (Phi) is 2.77. The van der Waals surface area contributed by atoms with Gasteiger partial charge in [0.1, 0.15) is 5.82 Å². The van der Waals surface area contributed by atoms with Gasteiger partial charge in [0.2, 0.25) is 0 Å². The largest absolute Gasteiger partial charge is 0.311 e. The van der Waals surface area contributed by atoms with Crippen molar-refractivity contribution in [2.45, 2.75) is 25.3 Å². The Bertz CT molecular complexity index is 293. The Morgan fingerprint density at radius 1 is 1.50 bits per heavy atom. The summed E-state index contributed by atoms with van der Waals surface area (Å²) in [7, 11) is 1.94. The van der Waals surface area contributed by atoms with Crippen LogP contribution in [0.25, 0.3) is 0 Å². The summed E-state index contributed by atoms with van der Waals surface area (Å²) in [4.78, 5) is 4.11. The zero-order valence-corrected chi connectivity index (χ0v) is 8.33. The molecule has 2 nitrogen and oxygen atoms in total. The van der Waals surface area contributed by atoms with E-state index in [9.17, 15) is 4.39 Å². The number of aromatic nitrogens is 1. The summed E-state index contributed by atoms with van der Waals surface area (Å²) in [5.41, 5.74) is 0.957. The molecule has 1 aromatic heterocycles. The number of hydrogen-bond donors (Lipinski definition) is 1. The quantitative estimate of drug-likeness (QED) is 0.798. The van der Waals surface area contributed by atoms with Crippen molar-refractivity contribution in [3.05, 3.63) is 29.8 Å². The first-order valence-electron chi connectivity index (χ1n) is 5.10. The van der Waals surface area contributed by atoms with Crippen molar-refractivity contribution in [1.29, 1.82) is 0 Å². The minimum absolute atomic E-state index is 0.266. The van der Waals surface area contributed by atoms with Crippen LogP contribution in [0, 0.1) is 11.7 Å². The topological polar surface area (TPSA) is 24.9 Å². The highest BCUT2D eigenvalue weighted by atomic mass is 19.1. The monoisotopic (exact) mass is 194 g/mol. The molecule has 2 rings (SSSR count). The summed E-state index contributed by atoms with van der Waals surface area (Å²) in [5, 5.41) is 3.25. The third-order valence-corrected chi connectivity index (χ3v) is 3.00. The smallest absolute Gasteiger partial charge is 0.141 e. The maximum atomic E-state index is 12.7. The SMILES string of the molecule is CNC(c1ccc(F)cn1)C1CCC1. The Balaban J connectivity index is 2.14. The van der Waals surface area contributed by atoms with Crippen molar-refractivity contribution >= 4 is 0 Å². The van der Waals surface area contributed by atoms with Crippen molar-refractivity contribution < 1.29 is 4.39 Å². The predicted molar refractivity (Wildman–Crippen MR) is 53.3 cm³/mol. The third-order valence-electron chi connectivity index (χ3n) is 3.00. The lowest BCUT2D eigenvalue weighted by molar-refractivity contribution is 0.236. The van der Waals surface area contributed by atoms with Crippen LogP contribution in [0.15, 0.2) is 18.3 Å². The number of nitrogens with one attached hydrogen (secondary N) is 1. The van der Waals surface area contributed by atoms with Gasteiger partial charge in [0.05, 0.1) is 17.9 Å². The van der Waals surface area contributed by atoms with E-state index >= 15 is 0 Å². The highest BCUT2D eigenvalue weighted by molar-refractivity contribution is 5.11. The second kappa shape index (κ2) is 4.05. The Labute approximate surface area is 83.6 Å². The molecule has 0 spiro atoms. The second-order valence-electron chi connectivity index (χ2n) is 3.86. The summed E-state index contributed by atoms with van der Waals surface area (Å²) in [6.07, 6.45) is 5.11. The van der Waals surface area contributed by atoms with Gasteiger partial charge in [-0.2, -0.15) is 0 Å². The lowest BCUT2D eigenvalue weighted by atomic mass is 9.78. The molecule has 0 amide bonds. The Hall–Kier alpha value is -0.960. The fraction of sp³-hybridized carbons (Fsp3) is 0.545. The maximum absolute atomic E-state index is 12.7. The van der Waals surface area contributed by atoms with Crippen molar-refractivity contribution in [3.8, 4) is 0 Å². The number of nitrogens with zero attached hydrogens (tertiary/aromatic N) is 1. The first-order valence-corrected chi connectivity index (χ1v) is 5.10. The third kappa shape index (κ3) is 1.77. The fourth-order valence-electron chi connectivity index (χ4n) is 1.97. The van der Waals surface area contributed by atoms with Crippen LogP contribution in [-0.2, 0) is 0 Å². The summed E-state index contributed by atoms with van der Waals surface area (Å²) in [6.45, 7) is 0. The number of hydrogen-bond acceptors (Lipinski definition) is 2. The van der Waals surface area contributed by atoms with Gasteiger partial charge >= 0.3 is 0 Å². The van der Waals surface area contributed by atoms with Crippen LogP contribution in [0.1, 0.15) is 31.0 Å². The van der Waals surface area contributed by atoms with Gasteiger partial charge in [-0.3, -0.25) is 4.98 Å². The standard InChI is InChI=1S/C11H15FN2/c1-13-11(8-3-2-4-8)10-6-5-9(12)7-14-10/h5-8,11,13H,2-4H2,1H3. The molecule has 1 saturated carbocycles. The molecule has 1 fully saturated rings. The molecule has 14 heavy (non-hydrogen) atoms. The first kappa shape index (κ1) is 9.59. The van der Waals surface area contributed by atoms with Crippen LogP contribution in [0.4, 0.5) is 4.39 Å². The number of rotatable bonds is 3. The van der Waals surface area contributed by atoms with Crippen molar-refractivity contribution in [2.24, 2.45) is 5.92 Å². The van der Waals surface area contributed by atoms with Crippen molar-refractivity contribution in [2.75, 3.05) is 7.05 Å². The zero-order valence-electron chi connectivity index (χ0n) is 8.33. The van der Waals surface area contributed by atoms with Gasteiger partial charge < -0.3 is 5.32 Å². The van der Waals surface area contributed by atoms with Crippen LogP contribution >= 0.6 is 0 Å². The van der Waals surface area contributed by atoms with E-state index in [4.69, 9.17) is 0 Å². The lowest BCUT2D eigenvalue weighted by Gasteiger charge is -2.33. The van der Waals surface area contributed by atoms with Crippen molar-refractivity contribution in [3.63, 3.8) is 0 Å². The average Bonchev–Trinajstić information content (AvgIpc) is 2.13. The van der Waals surface area contributed by atoms with Gasteiger partial charge in [0.15, 0.2) is 0 Å². The van der Waals surface area contributed by atoms with Gasteiger partial charge in [0.25, 0.3) is 0 Å². The van der Waals surface area contributed by atoms with E-state index in [1.807, 2.05) is 7.05 Å². The van der Waals surface area contributed by atoms with E-state index in [1.165, 1.54) is 31.5 Å². The Morgan fingerprint density at radius 2 is 2.29 bits per heavy atom. The van der Waals surface area contributed by atoms with E-state index in [2.05, 4.69) is 10.3 Å². The molecule has 0 radical (unpaired) electrons. The highest BCUT2D eigenvalue weighted by Crippen LogP contribution is 2.36. The van der Waals surface area contributed by atoms with E-state index in [0.29, 0.717) is 12.0 Å². The van der Waals surface area contributed by atoms with Gasteiger partial charge in [-0.25, -0.2) is 4.39 Å². The van der Waals surface area contributed by atoms with Gasteiger partial charge in [-0.05, 0) is 37.9 Å². The molecule has 1 heterocycles. The minimum Gasteiger partial charge on any atom is -0.311 e. The summed E-state index contributed by atoms with van der Waals surface area (Å²) < 4.78 is 12.7. The molecular formula is C11H15FN2. The van der Waals surface area contributed by atoms with Crippen LogP contribution < -0.4 is 5.32 Å². The minimum atomic E-state index is -0.266. The summed E-state index contributed by atoms with van der Waals surface area (Å²) in [6, 6.07) is 3.55. The second-order valence-corrected chi connectivity index (χ2v) is 3.86. The Morgan fingerprint density at radius 3 is 2.71 bits per heavy atom. The lowest BCUT2D eigenvalue weighted by Crippen LogP contribution is -2.30. The van der Waals surface area contributed by atoms with E-state index < -0.39 is 0 Å². The van der Waals surface area contributed by atoms with E-state index in [-0.39, 0.29) is 5.82 Å². The molecule has 76 valence electrons. The first-order chi connectivity index (χ1) is 6.81. The molecule has 1 unspecified atom stereocenters. The van der Waals surface area contributed by atoms with Crippen LogP contribution in [0.5, 0.6) is 0 Å². The molecule has 1 aliphatic rings. The highest BCUT2D eigenvalue weighted by Gasteiger charge is 2.27. The molecular weight excluding hydrogens is 179 g/mol. The summed E-state index contributed by atoms with van der Waals surface area (Å²) in [5.74, 6) is 0.412. The van der Waals surface area contributed by atoms with E-state index in [0.717, 1.165) is 5.69 Å². The molecule has 0 aromatic carbocycles. The van der Waals surface area contributed by atoms with Crippen LogP contribution in [0.2, 0.25) is 0 Å². The molecule has 1 aromatic rings. The molecule has 0 bridgehead atoms. The number of halogens is 1. The molecule has 0 aliphatic heterocycles. The normalized spacial score (nSPS) is 19.0. The van der Waals surface area contributed by atoms with Gasteiger partial charge in [-0.1, -0.05) is 6.42 Å². The zero-order chi connectivity index (χ0) is 9.97. The molecule has 1 aliphatic carbocycles. The summed E-state index contributed by atoms with van der Waals surface area (Å²) >= 11 is 0. The van der Waals surface area contributed by atoms with Gasteiger partial charge in [-0.15, -0.1) is 0 Å². The fourth-order valence-corrected chi connectivity index (χ4v) is 1.97. The van der Waals surface area contributed by atoms with E-state index in [1.54, 1.807) is 6.07 Å². The van der Waals surface area contributed by atoms with Gasteiger partial charge in [0, 0.05) is 0 Å². The number of pyridine rings is 1. The molecule has 3 heteroatoms. The average molecular weight is 194 g/mol. The molecule has 0 saturated heterocycles.